The largest absolute Gasteiger partial charge is 0.481 e. The average Bonchev–Trinajstić information content (AvgIpc) is 2.55. The first-order chi connectivity index (χ1) is 7.50. The van der Waals surface area contributed by atoms with Crippen LogP contribution >= 0.6 is 0 Å². The van der Waals surface area contributed by atoms with E-state index in [1.54, 1.807) is 0 Å². The molecule has 7 heteroatoms. The Labute approximate surface area is 92.1 Å². The van der Waals surface area contributed by atoms with Crippen molar-refractivity contribution in [1.82, 2.24) is 4.90 Å². The molecular weight excluding hydrogens is 216 g/mol. The van der Waals surface area contributed by atoms with Crippen LogP contribution in [0.5, 0.6) is 0 Å². The highest BCUT2D eigenvalue weighted by molar-refractivity contribution is 5.86. The molecule has 1 saturated heterocycles. The zero-order valence-electron chi connectivity index (χ0n) is 8.72. The Morgan fingerprint density at radius 1 is 1.56 bits per heavy atom. The lowest BCUT2D eigenvalue weighted by atomic mass is 10.1. The molecule has 1 rings (SSSR count). The molecule has 1 fully saturated rings. The van der Waals surface area contributed by atoms with Crippen molar-refractivity contribution in [2.75, 3.05) is 26.3 Å². The van der Waals surface area contributed by atoms with Crippen LogP contribution in [0.3, 0.4) is 0 Å². The number of carbonyl (C=O) groups excluding carboxylic acids is 2. The summed E-state index contributed by atoms with van der Waals surface area (Å²) in [6.07, 6.45) is 0.0329. The third kappa shape index (κ3) is 3.50. The molecule has 1 aliphatic heterocycles. The predicted octanol–water partition coefficient (Wildman–Crippen LogP) is -1.58. The van der Waals surface area contributed by atoms with Gasteiger partial charge in [0.2, 0.25) is 11.8 Å². The van der Waals surface area contributed by atoms with E-state index in [0.717, 1.165) is 0 Å². The summed E-state index contributed by atoms with van der Waals surface area (Å²) in [4.78, 5) is 33.7. The first-order valence-electron chi connectivity index (χ1n) is 4.87. The van der Waals surface area contributed by atoms with Crippen LogP contribution in [0.1, 0.15) is 6.42 Å². The number of carboxylic acids is 1. The number of likely N-dealkylation sites (tertiary alicyclic amines) is 1. The molecular formula is C9H14N2O5. The summed E-state index contributed by atoms with van der Waals surface area (Å²) < 4.78 is 4.89. The summed E-state index contributed by atoms with van der Waals surface area (Å²) in [7, 11) is 0. The Balaban J connectivity index is 2.25. The quantitative estimate of drug-likeness (QED) is 0.535. The molecule has 1 unspecified atom stereocenters. The summed E-state index contributed by atoms with van der Waals surface area (Å²) in [5, 5.41) is 8.72. The number of hydrogen-bond acceptors (Lipinski definition) is 4. The van der Waals surface area contributed by atoms with E-state index >= 15 is 0 Å². The molecule has 7 nitrogen and oxygen atoms in total. The van der Waals surface area contributed by atoms with Crippen LogP contribution in [0.2, 0.25) is 0 Å². The fourth-order valence-corrected chi connectivity index (χ4v) is 1.50. The zero-order valence-corrected chi connectivity index (χ0v) is 8.72. The minimum absolute atomic E-state index is 0.0329. The van der Waals surface area contributed by atoms with Gasteiger partial charge in [0.1, 0.15) is 6.61 Å². The number of primary amides is 1. The number of carbonyl (C=O) groups is 3. The maximum atomic E-state index is 11.3. The van der Waals surface area contributed by atoms with Gasteiger partial charge in [-0.05, 0) is 0 Å². The monoisotopic (exact) mass is 230 g/mol. The van der Waals surface area contributed by atoms with Gasteiger partial charge in [0.05, 0.1) is 12.5 Å². The summed E-state index contributed by atoms with van der Waals surface area (Å²) in [6.45, 7) is 0.482. The number of hydrogen-bond donors (Lipinski definition) is 2. The van der Waals surface area contributed by atoms with Crippen molar-refractivity contribution in [2.24, 2.45) is 11.7 Å². The second-order valence-corrected chi connectivity index (χ2v) is 3.60. The Morgan fingerprint density at radius 3 is 2.75 bits per heavy atom. The van der Waals surface area contributed by atoms with Crippen molar-refractivity contribution in [2.45, 2.75) is 6.42 Å². The smallest absolute Gasteiger partial charge is 0.308 e. The molecule has 16 heavy (non-hydrogen) atoms. The third-order valence-electron chi connectivity index (χ3n) is 2.31. The van der Waals surface area contributed by atoms with Gasteiger partial charge in [-0.1, -0.05) is 0 Å². The molecule has 0 bridgehead atoms. The molecule has 3 N–H and O–H groups in total. The van der Waals surface area contributed by atoms with Crippen molar-refractivity contribution < 1.29 is 24.2 Å². The second kappa shape index (κ2) is 5.45. The summed E-state index contributed by atoms with van der Waals surface area (Å²) in [5.41, 5.74) is 4.85. The molecule has 0 spiro atoms. The van der Waals surface area contributed by atoms with Gasteiger partial charge in [-0.3, -0.25) is 14.4 Å². The molecule has 0 radical (unpaired) electrons. The number of rotatable bonds is 6. The van der Waals surface area contributed by atoms with Crippen molar-refractivity contribution in [3.63, 3.8) is 0 Å². The Hall–Kier alpha value is -1.63. The number of amides is 2. The standard InChI is InChI=1S/C9H14N2O5/c10-7(12)5-16-2-1-11-4-6(9(14)15)3-8(11)13/h6H,1-5H2,(H2,10,12)(H,14,15). The van der Waals surface area contributed by atoms with Crippen LogP contribution in [-0.4, -0.2) is 54.1 Å². The van der Waals surface area contributed by atoms with Gasteiger partial charge in [0, 0.05) is 19.5 Å². The van der Waals surface area contributed by atoms with E-state index in [0.29, 0.717) is 0 Å². The minimum atomic E-state index is -0.964. The maximum Gasteiger partial charge on any atom is 0.308 e. The topological polar surface area (TPSA) is 110 Å². The van der Waals surface area contributed by atoms with Crippen LogP contribution in [0, 0.1) is 5.92 Å². The lowest BCUT2D eigenvalue weighted by Gasteiger charge is -2.15. The molecule has 0 aliphatic carbocycles. The Bertz CT molecular complexity index is 304. The SMILES string of the molecule is NC(=O)COCCN1CC(C(=O)O)CC1=O. The number of carboxylic acid groups (broad SMARTS) is 1. The van der Waals surface area contributed by atoms with E-state index < -0.39 is 17.8 Å². The van der Waals surface area contributed by atoms with Gasteiger partial charge in [-0.15, -0.1) is 0 Å². The van der Waals surface area contributed by atoms with E-state index in [4.69, 9.17) is 15.6 Å². The van der Waals surface area contributed by atoms with E-state index in [9.17, 15) is 14.4 Å². The average molecular weight is 230 g/mol. The van der Waals surface area contributed by atoms with E-state index in [1.807, 2.05) is 0 Å². The van der Waals surface area contributed by atoms with Gasteiger partial charge in [0.25, 0.3) is 0 Å². The molecule has 2 amide bonds. The van der Waals surface area contributed by atoms with E-state index in [-0.39, 0.29) is 38.6 Å². The normalized spacial score (nSPS) is 20.1. The minimum Gasteiger partial charge on any atom is -0.481 e. The van der Waals surface area contributed by atoms with Gasteiger partial charge < -0.3 is 20.5 Å². The number of nitrogens with two attached hydrogens (primary N) is 1. The van der Waals surface area contributed by atoms with Crippen LogP contribution < -0.4 is 5.73 Å². The molecule has 0 aromatic rings. The summed E-state index contributed by atoms with van der Waals surface area (Å²) in [5.74, 6) is -2.37. The Kier molecular flexibility index (Phi) is 4.24. The molecule has 1 aliphatic rings. The van der Waals surface area contributed by atoms with E-state index in [2.05, 4.69) is 0 Å². The lowest BCUT2D eigenvalue weighted by molar-refractivity contribution is -0.141. The highest BCUT2D eigenvalue weighted by Crippen LogP contribution is 2.17. The first-order valence-corrected chi connectivity index (χ1v) is 4.87. The molecule has 0 aromatic carbocycles. The zero-order chi connectivity index (χ0) is 12.1. The van der Waals surface area contributed by atoms with Crippen LogP contribution in [0.4, 0.5) is 0 Å². The van der Waals surface area contributed by atoms with Crippen LogP contribution in [0.15, 0.2) is 0 Å². The van der Waals surface area contributed by atoms with Crippen molar-refractivity contribution in [1.29, 1.82) is 0 Å². The summed E-state index contributed by atoms with van der Waals surface area (Å²) >= 11 is 0. The molecule has 1 heterocycles. The van der Waals surface area contributed by atoms with Crippen molar-refractivity contribution in [3.8, 4) is 0 Å². The lowest BCUT2D eigenvalue weighted by Crippen LogP contribution is -2.31. The van der Waals surface area contributed by atoms with Gasteiger partial charge in [-0.2, -0.15) is 0 Å². The van der Waals surface area contributed by atoms with Crippen LogP contribution in [-0.2, 0) is 19.1 Å². The van der Waals surface area contributed by atoms with Crippen molar-refractivity contribution in [3.05, 3.63) is 0 Å². The highest BCUT2D eigenvalue weighted by Gasteiger charge is 2.33. The second-order valence-electron chi connectivity index (χ2n) is 3.60. The molecule has 0 aromatic heterocycles. The number of aliphatic carboxylic acids is 1. The molecule has 90 valence electrons. The predicted molar refractivity (Wildman–Crippen MR) is 52.3 cm³/mol. The van der Waals surface area contributed by atoms with Crippen LogP contribution in [0.25, 0.3) is 0 Å². The molecule has 0 saturated carbocycles. The number of ether oxygens (including phenoxy) is 1. The van der Waals surface area contributed by atoms with Crippen molar-refractivity contribution >= 4 is 17.8 Å². The van der Waals surface area contributed by atoms with Gasteiger partial charge in [0.15, 0.2) is 0 Å². The maximum absolute atomic E-state index is 11.3. The highest BCUT2D eigenvalue weighted by atomic mass is 16.5. The fourth-order valence-electron chi connectivity index (χ4n) is 1.50. The van der Waals surface area contributed by atoms with Gasteiger partial charge in [-0.25, -0.2) is 0 Å². The Morgan fingerprint density at radius 2 is 2.25 bits per heavy atom. The summed E-state index contributed by atoms with van der Waals surface area (Å²) in [6, 6.07) is 0. The number of nitrogens with zero attached hydrogens (tertiary/aromatic N) is 1. The fraction of sp³-hybridized carbons (Fsp3) is 0.667. The van der Waals surface area contributed by atoms with Gasteiger partial charge >= 0.3 is 5.97 Å². The molecule has 1 atom stereocenters. The first kappa shape index (κ1) is 12.4. The van der Waals surface area contributed by atoms with E-state index in [1.165, 1.54) is 4.90 Å². The third-order valence-corrected chi connectivity index (χ3v) is 2.31.